The highest BCUT2D eigenvalue weighted by Crippen LogP contribution is 2.33. The van der Waals surface area contributed by atoms with Gasteiger partial charge in [0.2, 0.25) is 0 Å². The Hall–Kier alpha value is -2.24. The van der Waals surface area contributed by atoms with Crippen molar-refractivity contribution < 1.29 is 29.3 Å². The molecule has 0 radical (unpaired) electrons. The number of rotatable bonds is 5. The number of esters is 1. The van der Waals surface area contributed by atoms with Crippen molar-refractivity contribution in [2.75, 3.05) is 14.2 Å². The molecule has 1 aromatic carbocycles. The minimum absolute atomic E-state index is 0.0857. The molecule has 0 bridgehead atoms. The van der Waals surface area contributed by atoms with Crippen LogP contribution >= 0.6 is 0 Å². The van der Waals surface area contributed by atoms with Gasteiger partial charge in [0.05, 0.1) is 25.7 Å². The maximum Gasteiger partial charge on any atom is 0.337 e. The average Bonchev–Trinajstić information content (AvgIpc) is 2.39. The van der Waals surface area contributed by atoms with E-state index in [1.165, 1.54) is 33.3 Å². The zero-order valence-corrected chi connectivity index (χ0v) is 11.0. The van der Waals surface area contributed by atoms with Crippen LogP contribution in [-0.2, 0) is 16.0 Å². The maximum absolute atomic E-state index is 11.5. The molecule has 0 aliphatic heterocycles. The van der Waals surface area contributed by atoms with Crippen LogP contribution in [0, 0.1) is 5.92 Å². The number of carbonyl (C=O) groups excluding carboxylic acids is 1. The Bertz CT molecular complexity index is 494. The number of carboxylic acid groups (broad SMARTS) is 1. The van der Waals surface area contributed by atoms with Crippen LogP contribution in [0.1, 0.15) is 22.8 Å². The van der Waals surface area contributed by atoms with Crippen LogP contribution in [0.25, 0.3) is 0 Å². The minimum Gasteiger partial charge on any atom is -0.504 e. The number of phenolic OH excluding ortho intramolecular Hbond substituents is 1. The van der Waals surface area contributed by atoms with Crippen LogP contribution in [0.3, 0.4) is 0 Å². The van der Waals surface area contributed by atoms with E-state index in [0.29, 0.717) is 5.56 Å². The number of aromatic hydroxyl groups is 1. The lowest BCUT2D eigenvalue weighted by atomic mass is 9.98. The molecule has 0 heterocycles. The number of hydrogen-bond donors (Lipinski definition) is 2. The number of methoxy groups -OCH3 is 2. The molecule has 1 atom stereocenters. The van der Waals surface area contributed by atoms with Crippen molar-refractivity contribution >= 4 is 11.9 Å². The van der Waals surface area contributed by atoms with Gasteiger partial charge in [-0.1, -0.05) is 6.92 Å². The number of carboxylic acids is 1. The summed E-state index contributed by atoms with van der Waals surface area (Å²) in [6, 6.07) is 2.75. The minimum atomic E-state index is -0.984. The lowest BCUT2D eigenvalue weighted by Gasteiger charge is -2.13. The molecule has 0 saturated carbocycles. The Morgan fingerprint density at radius 3 is 2.42 bits per heavy atom. The Balaban J connectivity index is 3.21. The highest BCUT2D eigenvalue weighted by Gasteiger charge is 2.19. The summed E-state index contributed by atoms with van der Waals surface area (Å²) in [6.07, 6.45) is 0.0857. The molecule has 1 rings (SSSR count). The van der Waals surface area contributed by atoms with Crippen molar-refractivity contribution in [2.45, 2.75) is 13.3 Å². The maximum atomic E-state index is 11.5. The number of carbonyl (C=O) groups is 2. The van der Waals surface area contributed by atoms with Crippen molar-refractivity contribution in [3.05, 3.63) is 23.3 Å². The van der Waals surface area contributed by atoms with E-state index in [1.807, 2.05) is 0 Å². The van der Waals surface area contributed by atoms with Gasteiger partial charge in [-0.25, -0.2) is 4.79 Å². The molecule has 1 aromatic rings. The first-order valence-corrected chi connectivity index (χ1v) is 5.61. The highest BCUT2D eigenvalue weighted by molar-refractivity contribution is 5.90. The van der Waals surface area contributed by atoms with Gasteiger partial charge in [0.15, 0.2) is 11.5 Å². The Kier molecular flexibility index (Phi) is 4.74. The third-order valence-corrected chi connectivity index (χ3v) is 2.74. The van der Waals surface area contributed by atoms with Crippen molar-refractivity contribution in [3.8, 4) is 11.5 Å². The van der Waals surface area contributed by atoms with Crippen LogP contribution in [0.4, 0.5) is 0 Å². The molecule has 0 aliphatic rings. The molecule has 19 heavy (non-hydrogen) atoms. The average molecular weight is 268 g/mol. The quantitative estimate of drug-likeness (QED) is 0.785. The molecule has 104 valence electrons. The monoisotopic (exact) mass is 268 g/mol. The summed E-state index contributed by atoms with van der Waals surface area (Å²) in [5.41, 5.74) is 0.527. The van der Waals surface area contributed by atoms with Gasteiger partial charge in [-0.3, -0.25) is 4.79 Å². The van der Waals surface area contributed by atoms with Crippen LogP contribution in [0.15, 0.2) is 12.1 Å². The number of aliphatic carboxylic acids is 1. The molecule has 0 spiro atoms. The van der Waals surface area contributed by atoms with E-state index in [2.05, 4.69) is 4.74 Å². The fourth-order valence-electron chi connectivity index (χ4n) is 1.63. The second kappa shape index (κ2) is 6.08. The number of benzene rings is 1. The molecule has 0 aliphatic carbocycles. The predicted octanol–water partition coefficient (Wildman–Crippen LogP) is 1.45. The van der Waals surface area contributed by atoms with Gasteiger partial charge in [0.1, 0.15) is 0 Å². The molecule has 2 N–H and O–H groups in total. The van der Waals surface area contributed by atoms with E-state index >= 15 is 0 Å². The summed E-state index contributed by atoms with van der Waals surface area (Å²) in [5.74, 6) is -2.31. The molecule has 1 unspecified atom stereocenters. The normalized spacial score (nSPS) is 11.7. The SMILES string of the molecule is COC(=O)c1cc(CC(C)C(=O)O)c(O)c(OC)c1. The van der Waals surface area contributed by atoms with Gasteiger partial charge in [0.25, 0.3) is 0 Å². The van der Waals surface area contributed by atoms with Crippen molar-refractivity contribution in [1.82, 2.24) is 0 Å². The van der Waals surface area contributed by atoms with Crippen LogP contribution in [-0.4, -0.2) is 36.4 Å². The van der Waals surface area contributed by atoms with Crippen molar-refractivity contribution in [3.63, 3.8) is 0 Å². The first-order valence-electron chi connectivity index (χ1n) is 5.61. The first-order chi connectivity index (χ1) is 8.90. The summed E-state index contributed by atoms with van der Waals surface area (Å²) in [4.78, 5) is 22.3. The van der Waals surface area contributed by atoms with Crippen molar-refractivity contribution in [1.29, 1.82) is 0 Å². The van der Waals surface area contributed by atoms with E-state index in [1.54, 1.807) is 0 Å². The topological polar surface area (TPSA) is 93.1 Å². The summed E-state index contributed by atoms with van der Waals surface area (Å²) in [6.45, 7) is 1.51. The summed E-state index contributed by atoms with van der Waals surface area (Å²) in [7, 11) is 2.59. The molecule has 0 amide bonds. The van der Waals surface area contributed by atoms with Gasteiger partial charge < -0.3 is 19.7 Å². The lowest BCUT2D eigenvalue weighted by molar-refractivity contribution is -0.141. The molecule has 6 nitrogen and oxygen atoms in total. The van der Waals surface area contributed by atoms with Gasteiger partial charge in [-0.05, 0) is 24.1 Å². The van der Waals surface area contributed by atoms with E-state index in [4.69, 9.17) is 9.84 Å². The number of hydrogen-bond acceptors (Lipinski definition) is 5. The number of phenols is 1. The molecular formula is C13H16O6. The van der Waals surface area contributed by atoms with Crippen LogP contribution in [0.2, 0.25) is 0 Å². The largest absolute Gasteiger partial charge is 0.504 e. The standard InChI is InChI=1S/C13H16O6/c1-7(12(15)16)4-8-5-9(13(17)19-3)6-10(18-2)11(8)14/h5-7,14H,4H2,1-3H3,(H,15,16). The second-order valence-electron chi connectivity index (χ2n) is 4.12. The van der Waals surface area contributed by atoms with Gasteiger partial charge in [0, 0.05) is 0 Å². The highest BCUT2D eigenvalue weighted by atomic mass is 16.5. The third kappa shape index (κ3) is 3.37. The summed E-state index contributed by atoms with van der Waals surface area (Å²) in [5, 5.41) is 18.8. The zero-order valence-electron chi connectivity index (χ0n) is 11.0. The molecule has 0 fully saturated rings. The molecular weight excluding hydrogens is 252 g/mol. The van der Waals surface area contributed by atoms with Crippen LogP contribution in [0.5, 0.6) is 11.5 Å². The zero-order chi connectivity index (χ0) is 14.6. The Morgan fingerprint density at radius 1 is 1.32 bits per heavy atom. The molecule has 0 saturated heterocycles. The summed E-state index contributed by atoms with van der Waals surface area (Å²) < 4.78 is 9.55. The smallest absolute Gasteiger partial charge is 0.337 e. The van der Waals surface area contributed by atoms with Crippen LogP contribution < -0.4 is 4.74 Å². The molecule has 0 aromatic heterocycles. The van der Waals surface area contributed by atoms with Gasteiger partial charge in [-0.2, -0.15) is 0 Å². The van der Waals surface area contributed by atoms with E-state index in [0.717, 1.165) is 0 Å². The summed E-state index contributed by atoms with van der Waals surface area (Å²) >= 11 is 0. The van der Waals surface area contributed by atoms with Crippen molar-refractivity contribution in [2.24, 2.45) is 5.92 Å². The fraction of sp³-hybridized carbons (Fsp3) is 0.385. The van der Waals surface area contributed by atoms with Gasteiger partial charge >= 0.3 is 11.9 Å². The molecule has 6 heteroatoms. The lowest BCUT2D eigenvalue weighted by Crippen LogP contribution is -2.13. The second-order valence-corrected chi connectivity index (χ2v) is 4.12. The third-order valence-electron chi connectivity index (χ3n) is 2.74. The number of ether oxygens (including phenoxy) is 2. The van der Waals surface area contributed by atoms with E-state index in [-0.39, 0.29) is 23.5 Å². The predicted molar refractivity (Wildman–Crippen MR) is 66.5 cm³/mol. The van der Waals surface area contributed by atoms with E-state index in [9.17, 15) is 14.7 Å². The first kappa shape index (κ1) is 14.8. The van der Waals surface area contributed by atoms with E-state index < -0.39 is 17.9 Å². The van der Waals surface area contributed by atoms with Gasteiger partial charge in [-0.15, -0.1) is 0 Å². The fourth-order valence-corrected chi connectivity index (χ4v) is 1.63. The Labute approximate surface area is 110 Å². The Morgan fingerprint density at radius 2 is 1.95 bits per heavy atom.